The topological polar surface area (TPSA) is 80.9 Å². The quantitative estimate of drug-likeness (QED) is 0.377. The summed E-state index contributed by atoms with van der Waals surface area (Å²) in [5.74, 6) is 0.369. The molecule has 142 valence electrons. The van der Waals surface area contributed by atoms with E-state index in [0.717, 1.165) is 5.56 Å². The highest BCUT2D eigenvalue weighted by Gasteiger charge is 2.08. The van der Waals surface area contributed by atoms with Crippen molar-refractivity contribution < 1.29 is 18.7 Å². The number of hydrazone groups is 1. The molecule has 0 fully saturated rings. The summed E-state index contributed by atoms with van der Waals surface area (Å²) in [5, 5.41) is 4.45. The van der Waals surface area contributed by atoms with Crippen LogP contribution in [0.4, 0.5) is 0 Å². The zero-order chi connectivity index (χ0) is 19.9. The summed E-state index contributed by atoms with van der Waals surface area (Å²) >= 11 is 5.80. The SMILES string of the molecule is CCOC(=O)c1ccc(-c2ccc(/C=N\NC(=O)c3ccc(Cl)cc3)o2)cc1. The monoisotopic (exact) mass is 396 g/mol. The molecule has 0 unspecified atom stereocenters. The van der Waals surface area contributed by atoms with Crippen LogP contribution < -0.4 is 5.43 Å². The maximum absolute atomic E-state index is 12.0. The van der Waals surface area contributed by atoms with E-state index >= 15 is 0 Å². The van der Waals surface area contributed by atoms with Gasteiger partial charge in [-0.25, -0.2) is 10.2 Å². The van der Waals surface area contributed by atoms with Crippen LogP contribution >= 0.6 is 11.6 Å². The van der Waals surface area contributed by atoms with Gasteiger partial charge in [0.1, 0.15) is 11.5 Å². The summed E-state index contributed by atoms with van der Waals surface area (Å²) < 4.78 is 10.6. The van der Waals surface area contributed by atoms with Crippen molar-refractivity contribution in [2.45, 2.75) is 6.92 Å². The highest BCUT2D eigenvalue weighted by molar-refractivity contribution is 6.30. The first-order valence-corrected chi connectivity index (χ1v) is 8.91. The second-order valence-corrected chi connectivity index (χ2v) is 6.14. The number of halogens is 1. The number of carbonyl (C=O) groups is 2. The Morgan fingerprint density at radius 3 is 2.39 bits per heavy atom. The van der Waals surface area contributed by atoms with Crippen LogP contribution in [-0.4, -0.2) is 24.7 Å². The van der Waals surface area contributed by atoms with Crippen LogP contribution in [0.3, 0.4) is 0 Å². The lowest BCUT2D eigenvalue weighted by atomic mass is 10.1. The van der Waals surface area contributed by atoms with E-state index in [9.17, 15) is 9.59 Å². The molecule has 2 aromatic carbocycles. The standard InChI is InChI=1S/C21H17ClN2O4/c1-2-27-21(26)16-5-3-14(4-6-16)19-12-11-18(28-19)13-23-24-20(25)15-7-9-17(22)10-8-15/h3-13H,2H2,1H3,(H,24,25)/b23-13-. The molecule has 0 bridgehead atoms. The molecule has 0 aliphatic heterocycles. The molecular weight excluding hydrogens is 380 g/mol. The van der Waals surface area contributed by atoms with Gasteiger partial charge in [0.2, 0.25) is 0 Å². The molecule has 3 aromatic rings. The number of furan rings is 1. The Bertz CT molecular complexity index is 992. The van der Waals surface area contributed by atoms with Crippen molar-refractivity contribution in [1.29, 1.82) is 0 Å². The first kappa shape index (κ1) is 19.4. The fourth-order valence-electron chi connectivity index (χ4n) is 2.38. The van der Waals surface area contributed by atoms with Gasteiger partial charge in [0.25, 0.3) is 5.91 Å². The number of esters is 1. The van der Waals surface area contributed by atoms with E-state index in [4.69, 9.17) is 20.8 Å². The van der Waals surface area contributed by atoms with Crippen molar-refractivity contribution >= 4 is 29.7 Å². The first-order chi connectivity index (χ1) is 13.6. The zero-order valence-electron chi connectivity index (χ0n) is 15.0. The van der Waals surface area contributed by atoms with Gasteiger partial charge in [0.05, 0.1) is 18.4 Å². The molecule has 0 saturated carbocycles. The molecule has 0 aliphatic carbocycles. The largest absolute Gasteiger partial charge is 0.462 e. The van der Waals surface area contributed by atoms with Gasteiger partial charge in [0.15, 0.2) is 0 Å². The van der Waals surface area contributed by atoms with Gasteiger partial charge >= 0.3 is 5.97 Å². The summed E-state index contributed by atoms with van der Waals surface area (Å²) in [5.41, 5.74) is 4.15. The minimum Gasteiger partial charge on any atom is -0.462 e. The molecule has 28 heavy (non-hydrogen) atoms. The number of nitrogens with one attached hydrogen (secondary N) is 1. The molecule has 0 spiro atoms. The van der Waals surface area contributed by atoms with Crippen LogP contribution in [0.1, 0.15) is 33.4 Å². The van der Waals surface area contributed by atoms with E-state index in [1.54, 1.807) is 67.6 Å². The highest BCUT2D eigenvalue weighted by atomic mass is 35.5. The van der Waals surface area contributed by atoms with Crippen molar-refractivity contribution in [3.63, 3.8) is 0 Å². The minimum absolute atomic E-state index is 0.329. The highest BCUT2D eigenvalue weighted by Crippen LogP contribution is 2.22. The first-order valence-electron chi connectivity index (χ1n) is 8.53. The number of rotatable bonds is 6. The Labute approximate surface area is 166 Å². The number of amides is 1. The second-order valence-electron chi connectivity index (χ2n) is 5.71. The lowest BCUT2D eigenvalue weighted by molar-refractivity contribution is 0.0526. The molecule has 0 aliphatic rings. The molecule has 3 rings (SSSR count). The fourth-order valence-corrected chi connectivity index (χ4v) is 2.51. The van der Waals surface area contributed by atoms with Crippen LogP contribution in [0.2, 0.25) is 5.02 Å². The lowest BCUT2D eigenvalue weighted by Crippen LogP contribution is -2.17. The Balaban J connectivity index is 1.62. The average Bonchev–Trinajstić information content (AvgIpc) is 3.17. The van der Waals surface area contributed by atoms with E-state index < -0.39 is 0 Å². The smallest absolute Gasteiger partial charge is 0.338 e. The number of hydrogen-bond acceptors (Lipinski definition) is 5. The van der Waals surface area contributed by atoms with Crippen molar-refractivity contribution in [3.8, 4) is 11.3 Å². The Morgan fingerprint density at radius 1 is 1.04 bits per heavy atom. The molecule has 1 heterocycles. The maximum Gasteiger partial charge on any atom is 0.338 e. The maximum atomic E-state index is 12.0. The zero-order valence-corrected chi connectivity index (χ0v) is 15.8. The van der Waals surface area contributed by atoms with Gasteiger partial charge in [-0.1, -0.05) is 23.7 Å². The average molecular weight is 397 g/mol. The third kappa shape index (κ3) is 4.86. The molecule has 1 N–H and O–H groups in total. The van der Waals surface area contributed by atoms with Gasteiger partial charge in [0, 0.05) is 16.1 Å². The molecule has 1 amide bonds. The van der Waals surface area contributed by atoms with Crippen LogP contribution in [-0.2, 0) is 4.74 Å². The number of carbonyl (C=O) groups excluding carboxylic acids is 2. The second kappa shape index (κ2) is 9.01. The van der Waals surface area contributed by atoms with E-state index in [1.807, 2.05) is 0 Å². The normalized spacial score (nSPS) is 10.8. The van der Waals surface area contributed by atoms with Crippen molar-refractivity contribution in [2.24, 2.45) is 5.10 Å². The van der Waals surface area contributed by atoms with Crippen molar-refractivity contribution in [2.75, 3.05) is 6.61 Å². The number of benzene rings is 2. The number of hydrogen-bond donors (Lipinski definition) is 1. The molecular formula is C21H17ClN2O4. The van der Waals surface area contributed by atoms with Gasteiger partial charge in [-0.2, -0.15) is 5.10 Å². The van der Waals surface area contributed by atoms with Crippen molar-refractivity contribution in [3.05, 3.63) is 82.6 Å². The van der Waals surface area contributed by atoms with Crippen LogP contribution in [0.15, 0.2) is 70.2 Å². The predicted octanol–water partition coefficient (Wildman–Crippen LogP) is 4.54. The van der Waals surface area contributed by atoms with Crippen molar-refractivity contribution in [1.82, 2.24) is 5.43 Å². The molecule has 0 saturated heterocycles. The summed E-state index contributed by atoms with van der Waals surface area (Å²) in [7, 11) is 0. The van der Waals surface area contributed by atoms with E-state index in [0.29, 0.717) is 34.3 Å². The third-order valence-electron chi connectivity index (χ3n) is 3.77. The van der Waals surface area contributed by atoms with E-state index in [2.05, 4.69) is 10.5 Å². The predicted molar refractivity (Wildman–Crippen MR) is 107 cm³/mol. The Kier molecular flexibility index (Phi) is 6.24. The van der Waals surface area contributed by atoms with Crippen LogP contribution in [0, 0.1) is 0 Å². The number of ether oxygens (including phenoxy) is 1. The van der Waals surface area contributed by atoms with E-state index in [1.165, 1.54) is 6.21 Å². The van der Waals surface area contributed by atoms with Gasteiger partial charge in [-0.05, 0) is 55.5 Å². The summed E-state index contributed by atoms with van der Waals surface area (Å²) in [6.07, 6.45) is 1.41. The molecule has 0 radical (unpaired) electrons. The number of nitrogens with zero attached hydrogens (tertiary/aromatic N) is 1. The Hall–Kier alpha value is -3.38. The van der Waals surface area contributed by atoms with Crippen LogP contribution in [0.25, 0.3) is 11.3 Å². The van der Waals surface area contributed by atoms with Crippen LogP contribution in [0.5, 0.6) is 0 Å². The van der Waals surface area contributed by atoms with Gasteiger partial charge < -0.3 is 9.15 Å². The molecule has 6 nitrogen and oxygen atoms in total. The van der Waals surface area contributed by atoms with Gasteiger partial charge in [-0.15, -0.1) is 0 Å². The summed E-state index contributed by atoms with van der Waals surface area (Å²) in [6, 6.07) is 16.9. The fraction of sp³-hybridized carbons (Fsp3) is 0.0952. The molecule has 1 aromatic heterocycles. The Morgan fingerprint density at radius 2 is 1.71 bits per heavy atom. The molecule has 7 heteroatoms. The summed E-state index contributed by atoms with van der Waals surface area (Å²) in [6.45, 7) is 2.09. The van der Waals surface area contributed by atoms with E-state index in [-0.39, 0.29) is 11.9 Å². The minimum atomic E-state index is -0.363. The third-order valence-corrected chi connectivity index (χ3v) is 4.02. The lowest BCUT2D eigenvalue weighted by Gasteiger charge is -2.02. The summed E-state index contributed by atoms with van der Waals surface area (Å²) in [4.78, 5) is 23.7. The van der Waals surface area contributed by atoms with Gasteiger partial charge in [-0.3, -0.25) is 4.79 Å². The molecule has 0 atom stereocenters.